The number of nitrogens with one attached hydrogen (secondary N) is 1. The van der Waals surface area contributed by atoms with Crippen molar-refractivity contribution < 1.29 is 4.74 Å². The topological polar surface area (TPSA) is 65.1 Å². The van der Waals surface area contributed by atoms with Gasteiger partial charge in [0.1, 0.15) is 5.75 Å². The van der Waals surface area contributed by atoms with E-state index in [9.17, 15) is 0 Å². The van der Waals surface area contributed by atoms with Gasteiger partial charge in [-0.1, -0.05) is 6.07 Å². The molecule has 0 unspecified atom stereocenters. The summed E-state index contributed by atoms with van der Waals surface area (Å²) >= 11 is 0. The molecule has 19 heavy (non-hydrogen) atoms. The van der Waals surface area contributed by atoms with E-state index in [1.807, 2.05) is 51.4 Å². The van der Waals surface area contributed by atoms with Crippen LogP contribution < -0.4 is 15.8 Å². The summed E-state index contributed by atoms with van der Waals surface area (Å²) in [6.07, 6.45) is 2.02. The average molecular weight is 260 g/mol. The molecule has 1 aromatic carbocycles. The van der Waals surface area contributed by atoms with Gasteiger partial charge in [-0.15, -0.1) is 0 Å². The fourth-order valence-corrected chi connectivity index (χ4v) is 1.80. The molecule has 1 heterocycles. The van der Waals surface area contributed by atoms with E-state index in [0.29, 0.717) is 18.0 Å². The Morgan fingerprint density at radius 3 is 2.79 bits per heavy atom. The van der Waals surface area contributed by atoms with E-state index in [1.165, 1.54) is 0 Å². The van der Waals surface area contributed by atoms with E-state index < -0.39 is 0 Å². The summed E-state index contributed by atoms with van der Waals surface area (Å²) in [5.74, 6) is 0.709. The molecular formula is C14H20N4O. The van der Waals surface area contributed by atoms with E-state index in [0.717, 1.165) is 11.4 Å². The van der Waals surface area contributed by atoms with Gasteiger partial charge in [-0.2, -0.15) is 5.10 Å². The van der Waals surface area contributed by atoms with Crippen LogP contribution in [0.25, 0.3) is 0 Å². The molecule has 0 atom stereocenters. The number of nitrogen functional groups attached to an aromatic ring is 1. The second kappa shape index (κ2) is 5.65. The molecule has 2 aromatic rings. The van der Waals surface area contributed by atoms with Crippen molar-refractivity contribution in [3.8, 4) is 5.75 Å². The Hall–Kier alpha value is -2.17. The van der Waals surface area contributed by atoms with E-state index in [4.69, 9.17) is 10.5 Å². The third-order valence-corrected chi connectivity index (χ3v) is 2.66. The summed E-state index contributed by atoms with van der Waals surface area (Å²) in [5, 5.41) is 7.58. The van der Waals surface area contributed by atoms with Crippen LogP contribution in [0.15, 0.2) is 30.5 Å². The van der Waals surface area contributed by atoms with Gasteiger partial charge in [0.05, 0.1) is 29.7 Å². The molecular weight excluding hydrogens is 240 g/mol. The lowest BCUT2D eigenvalue weighted by Gasteiger charge is -2.15. The van der Waals surface area contributed by atoms with Crippen molar-refractivity contribution in [2.75, 3.05) is 11.1 Å². The molecule has 0 saturated heterocycles. The van der Waals surface area contributed by atoms with Crippen LogP contribution in [-0.2, 0) is 13.6 Å². The molecule has 0 spiro atoms. The van der Waals surface area contributed by atoms with Crippen molar-refractivity contribution in [1.82, 2.24) is 9.78 Å². The van der Waals surface area contributed by atoms with E-state index in [-0.39, 0.29) is 6.10 Å². The van der Waals surface area contributed by atoms with Crippen LogP contribution in [0.2, 0.25) is 0 Å². The van der Waals surface area contributed by atoms with Crippen LogP contribution in [0.3, 0.4) is 0 Å². The SMILES string of the molecule is CC(C)Oc1cccc(NCc2ccn(C)n2)c1N. The Balaban J connectivity index is 2.08. The predicted molar refractivity (Wildman–Crippen MR) is 77.2 cm³/mol. The van der Waals surface area contributed by atoms with Gasteiger partial charge in [-0.3, -0.25) is 4.68 Å². The summed E-state index contributed by atoms with van der Waals surface area (Å²) < 4.78 is 7.43. The Labute approximate surface area is 113 Å². The van der Waals surface area contributed by atoms with Gasteiger partial charge in [0, 0.05) is 13.2 Å². The fourth-order valence-electron chi connectivity index (χ4n) is 1.80. The molecule has 0 amide bonds. The first-order valence-electron chi connectivity index (χ1n) is 6.34. The summed E-state index contributed by atoms with van der Waals surface area (Å²) in [5.41, 5.74) is 8.55. The number of anilines is 2. The largest absolute Gasteiger partial charge is 0.489 e. The van der Waals surface area contributed by atoms with E-state index in [2.05, 4.69) is 10.4 Å². The zero-order chi connectivity index (χ0) is 13.8. The highest BCUT2D eigenvalue weighted by Gasteiger charge is 2.07. The number of nitrogens with zero attached hydrogens (tertiary/aromatic N) is 2. The number of benzene rings is 1. The molecule has 0 bridgehead atoms. The van der Waals surface area contributed by atoms with Crippen LogP contribution in [0.4, 0.5) is 11.4 Å². The minimum absolute atomic E-state index is 0.105. The monoisotopic (exact) mass is 260 g/mol. The molecule has 2 rings (SSSR count). The smallest absolute Gasteiger partial charge is 0.144 e. The molecule has 0 radical (unpaired) electrons. The van der Waals surface area contributed by atoms with Crippen LogP contribution >= 0.6 is 0 Å². The predicted octanol–water partition coefficient (Wildman–Crippen LogP) is 2.40. The third kappa shape index (κ3) is 3.40. The molecule has 0 aliphatic rings. The Morgan fingerprint density at radius 1 is 1.37 bits per heavy atom. The molecule has 0 aliphatic carbocycles. The zero-order valence-corrected chi connectivity index (χ0v) is 11.6. The van der Waals surface area contributed by atoms with Gasteiger partial charge in [0.2, 0.25) is 0 Å². The van der Waals surface area contributed by atoms with Gasteiger partial charge >= 0.3 is 0 Å². The third-order valence-electron chi connectivity index (χ3n) is 2.66. The first-order valence-corrected chi connectivity index (χ1v) is 6.34. The van der Waals surface area contributed by atoms with E-state index in [1.54, 1.807) is 4.68 Å². The number of para-hydroxylation sites is 1. The van der Waals surface area contributed by atoms with Crippen LogP contribution in [0.5, 0.6) is 5.75 Å². The van der Waals surface area contributed by atoms with Crippen molar-refractivity contribution in [3.63, 3.8) is 0 Å². The highest BCUT2D eigenvalue weighted by molar-refractivity contribution is 5.72. The maximum absolute atomic E-state index is 6.09. The summed E-state index contributed by atoms with van der Waals surface area (Å²) in [6, 6.07) is 7.71. The Morgan fingerprint density at radius 2 is 2.16 bits per heavy atom. The molecule has 0 fully saturated rings. The fraction of sp³-hybridized carbons (Fsp3) is 0.357. The number of rotatable bonds is 5. The number of ether oxygens (including phenoxy) is 1. The summed E-state index contributed by atoms with van der Waals surface area (Å²) in [7, 11) is 1.90. The lowest BCUT2D eigenvalue weighted by molar-refractivity contribution is 0.244. The Kier molecular flexibility index (Phi) is 3.94. The quantitative estimate of drug-likeness (QED) is 0.810. The highest BCUT2D eigenvalue weighted by Crippen LogP contribution is 2.30. The number of hydrogen-bond donors (Lipinski definition) is 2. The molecule has 0 aliphatic heterocycles. The van der Waals surface area contributed by atoms with Crippen molar-refractivity contribution in [3.05, 3.63) is 36.2 Å². The number of aryl methyl sites for hydroxylation is 1. The first kappa shape index (κ1) is 13.3. The number of hydrogen-bond acceptors (Lipinski definition) is 4. The average Bonchev–Trinajstić information content (AvgIpc) is 2.76. The molecule has 3 N–H and O–H groups in total. The maximum Gasteiger partial charge on any atom is 0.144 e. The second-order valence-electron chi connectivity index (χ2n) is 4.72. The first-order chi connectivity index (χ1) is 9.06. The van der Waals surface area contributed by atoms with E-state index >= 15 is 0 Å². The van der Waals surface area contributed by atoms with Crippen LogP contribution in [-0.4, -0.2) is 15.9 Å². The van der Waals surface area contributed by atoms with Gasteiger partial charge in [0.15, 0.2) is 0 Å². The van der Waals surface area contributed by atoms with Crippen molar-refractivity contribution in [2.45, 2.75) is 26.5 Å². The molecule has 5 heteroatoms. The second-order valence-corrected chi connectivity index (χ2v) is 4.72. The lowest BCUT2D eigenvalue weighted by Crippen LogP contribution is -2.09. The number of nitrogens with two attached hydrogens (primary N) is 1. The van der Waals surface area contributed by atoms with Gasteiger partial charge in [-0.25, -0.2) is 0 Å². The standard InChI is InChI=1S/C14H20N4O/c1-10(2)19-13-6-4-5-12(14(13)15)16-9-11-7-8-18(3)17-11/h4-8,10,16H,9,15H2,1-3H3. The van der Waals surface area contributed by atoms with Gasteiger partial charge in [0.25, 0.3) is 0 Å². The lowest BCUT2D eigenvalue weighted by atomic mass is 10.2. The summed E-state index contributed by atoms with van der Waals surface area (Å²) in [4.78, 5) is 0. The van der Waals surface area contributed by atoms with Crippen molar-refractivity contribution >= 4 is 11.4 Å². The van der Waals surface area contributed by atoms with Crippen molar-refractivity contribution in [2.24, 2.45) is 7.05 Å². The minimum Gasteiger partial charge on any atom is -0.489 e. The van der Waals surface area contributed by atoms with Gasteiger partial charge in [-0.05, 0) is 32.0 Å². The molecule has 0 saturated carbocycles. The van der Waals surface area contributed by atoms with Crippen molar-refractivity contribution in [1.29, 1.82) is 0 Å². The normalized spacial score (nSPS) is 10.7. The minimum atomic E-state index is 0.105. The molecule has 102 valence electrons. The maximum atomic E-state index is 6.09. The van der Waals surface area contributed by atoms with Gasteiger partial charge < -0.3 is 15.8 Å². The summed E-state index contributed by atoms with van der Waals surface area (Å²) in [6.45, 7) is 4.59. The highest BCUT2D eigenvalue weighted by atomic mass is 16.5. The number of aromatic nitrogens is 2. The zero-order valence-electron chi connectivity index (χ0n) is 11.6. The Bertz CT molecular complexity index is 548. The molecule has 5 nitrogen and oxygen atoms in total. The van der Waals surface area contributed by atoms with Crippen LogP contribution in [0.1, 0.15) is 19.5 Å². The molecule has 1 aromatic heterocycles. The van der Waals surface area contributed by atoms with Crippen LogP contribution in [0, 0.1) is 0 Å².